The lowest BCUT2D eigenvalue weighted by atomic mass is 10.3. The summed E-state index contributed by atoms with van der Waals surface area (Å²) in [5, 5.41) is 3.44. The van der Waals surface area contributed by atoms with Crippen molar-refractivity contribution in [3.63, 3.8) is 0 Å². The van der Waals surface area contributed by atoms with Crippen LogP contribution in [0.15, 0.2) is 16.5 Å². The molecule has 3 heteroatoms. The molecule has 0 amide bonds. The fourth-order valence-electron chi connectivity index (χ4n) is 2.35. The molecule has 2 rings (SSSR count). The van der Waals surface area contributed by atoms with Gasteiger partial charge in [0, 0.05) is 6.42 Å². The molecule has 1 aliphatic heterocycles. The van der Waals surface area contributed by atoms with Crippen LogP contribution in [-0.2, 0) is 13.0 Å². The molecular weight excluding hydrogens is 212 g/mol. The standard InChI is InChI=1S/C14H24N2O/c1-2-13-6-7-14(17-13)12-15-8-5-11-16-9-3-4-10-16/h6-7,15H,2-5,8-12H2,1H3. The van der Waals surface area contributed by atoms with E-state index in [0.29, 0.717) is 0 Å². The van der Waals surface area contributed by atoms with Crippen molar-refractivity contribution in [2.75, 3.05) is 26.2 Å². The van der Waals surface area contributed by atoms with E-state index in [9.17, 15) is 0 Å². The van der Waals surface area contributed by atoms with E-state index >= 15 is 0 Å². The molecule has 3 nitrogen and oxygen atoms in total. The molecule has 96 valence electrons. The van der Waals surface area contributed by atoms with Crippen LogP contribution in [0.25, 0.3) is 0 Å². The summed E-state index contributed by atoms with van der Waals surface area (Å²) in [5.41, 5.74) is 0. The number of likely N-dealkylation sites (tertiary alicyclic amines) is 1. The lowest BCUT2D eigenvalue weighted by Gasteiger charge is -2.13. The first kappa shape index (κ1) is 12.7. The normalized spacial score (nSPS) is 16.8. The summed E-state index contributed by atoms with van der Waals surface area (Å²) in [6.07, 6.45) is 5.00. The van der Waals surface area contributed by atoms with Crippen LogP contribution < -0.4 is 5.32 Å². The van der Waals surface area contributed by atoms with Gasteiger partial charge in [-0.05, 0) is 57.6 Å². The molecule has 0 atom stereocenters. The van der Waals surface area contributed by atoms with Crippen molar-refractivity contribution < 1.29 is 4.42 Å². The molecule has 1 aliphatic rings. The molecule has 0 aliphatic carbocycles. The summed E-state index contributed by atoms with van der Waals surface area (Å²) in [7, 11) is 0. The first-order valence-corrected chi connectivity index (χ1v) is 6.89. The summed E-state index contributed by atoms with van der Waals surface area (Å²) in [5.74, 6) is 2.14. The highest BCUT2D eigenvalue weighted by Gasteiger charge is 2.09. The second-order valence-electron chi connectivity index (χ2n) is 4.80. The van der Waals surface area contributed by atoms with Gasteiger partial charge in [0.2, 0.25) is 0 Å². The Morgan fingerprint density at radius 1 is 1.24 bits per heavy atom. The Hall–Kier alpha value is -0.800. The largest absolute Gasteiger partial charge is 0.465 e. The third-order valence-electron chi connectivity index (χ3n) is 3.39. The van der Waals surface area contributed by atoms with Crippen LogP contribution in [0.1, 0.15) is 37.7 Å². The highest BCUT2D eigenvalue weighted by atomic mass is 16.3. The van der Waals surface area contributed by atoms with Crippen molar-refractivity contribution in [3.8, 4) is 0 Å². The Labute approximate surface area is 104 Å². The van der Waals surface area contributed by atoms with Crippen LogP contribution >= 0.6 is 0 Å². The van der Waals surface area contributed by atoms with E-state index in [1.165, 1.54) is 38.9 Å². The lowest BCUT2D eigenvalue weighted by molar-refractivity contribution is 0.329. The average Bonchev–Trinajstić information content (AvgIpc) is 2.99. The van der Waals surface area contributed by atoms with Gasteiger partial charge in [0.1, 0.15) is 11.5 Å². The third-order valence-corrected chi connectivity index (χ3v) is 3.39. The van der Waals surface area contributed by atoms with Crippen LogP contribution in [0.5, 0.6) is 0 Å². The smallest absolute Gasteiger partial charge is 0.117 e. The van der Waals surface area contributed by atoms with E-state index in [0.717, 1.165) is 31.0 Å². The number of nitrogens with one attached hydrogen (secondary N) is 1. The van der Waals surface area contributed by atoms with Gasteiger partial charge in [0.05, 0.1) is 6.54 Å². The Morgan fingerprint density at radius 3 is 2.71 bits per heavy atom. The number of hydrogen-bond acceptors (Lipinski definition) is 3. The summed E-state index contributed by atoms with van der Waals surface area (Å²) in [6, 6.07) is 4.15. The molecule has 2 heterocycles. The van der Waals surface area contributed by atoms with Crippen LogP contribution in [0.4, 0.5) is 0 Å². The van der Waals surface area contributed by atoms with Gasteiger partial charge >= 0.3 is 0 Å². The highest BCUT2D eigenvalue weighted by Crippen LogP contribution is 2.08. The zero-order valence-electron chi connectivity index (χ0n) is 10.9. The quantitative estimate of drug-likeness (QED) is 0.737. The van der Waals surface area contributed by atoms with Gasteiger partial charge in [-0.3, -0.25) is 0 Å². The van der Waals surface area contributed by atoms with E-state index in [-0.39, 0.29) is 0 Å². The fourth-order valence-corrected chi connectivity index (χ4v) is 2.35. The van der Waals surface area contributed by atoms with Gasteiger partial charge in [-0.25, -0.2) is 0 Å². The minimum absolute atomic E-state index is 0.861. The summed E-state index contributed by atoms with van der Waals surface area (Å²) in [4.78, 5) is 2.56. The Bertz CT molecular complexity index is 316. The summed E-state index contributed by atoms with van der Waals surface area (Å²) >= 11 is 0. The zero-order chi connectivity index (χ0) is 11.9. The first-order chi connectivity index (χ1) is 8.38. The molecule has 1 aromatic heterocycles. The molecule has 0 bridgehead atoms. The molecule has 0 saturated carbocycles. The van der Waals surface area contributed by atoms with Crippen molar-refractivity contribution in [2.45, 2.75) is 39.2 Å². The predicted molar refractivity (Wildman–Crippen MR) is 70.1 cm³/mol. The number of aryl methyl sites for hydroxylation is 1. The molecule has 17 heavy (non-hydrogen) atoms. The van der Waals surface area contributed by atoms with Gasteiger partial charge in [0.15, 0.2) is 0 Å². The van der Waals surface area contributed by atoms with Gasteiger partial charge in [-0.1, -0.05) is 6.92 Å². The molecule has 0 radical (unpaired) electrons. The maximum atomic E-state index is 5.64. The molecule has 1 aromatic rings. The molecular formula is C14H24N2O. The van der Waals surface area contributed by atoms with E-state index in [1.807, 2.05) is 0 Å². The monoisotopic (exact) mass is 236 g/mol. The molecule has 0 spiro atoms. The third kappa shape index (κ3) is 4.17. The second-order valence-corrected chi connectivity index (χ2v) is 4.80. The number of furan rings is 1. The molecule has 0 unspecified atom stereocenters. The molecule has 1 fully saturated rings. The Balaban J connectivity index is 1.53. The van der Waals surface area contributed by atoms with Crippen LogP contribution in [-0.4, -0.2) is 31.1 Å². The van der Waals surface area contributed by atoms with E-state index in [4.69, 9.17) is 4.42 Å². The van der Waals surface area contributed by atoms with Gasteiger partial charge in [-0.15, -0.1) is 0 Å². The Kier molecular flexibility index (Phi) is 5.08. The van der Waals surface area contributed by atoms with Gasteiger partial charge in [0.25, 0.3) is 0 Å². The van der Waals surface area contributed by atoms with Crippen molar-refractivity contribution in [2.24, 2.45) is 0 Å². The van der Waals surface area contributed by atoms with E-state index in [2.05, 4.69) is 29.3 Å². The summed E-state index contributed by atoms with van der Waals surface area (Å²) < 4.78 is 5.64. The first-order valence-electron chi connectivity index (χ1n) is 6.89. The topological polar surface area (TPSA) is 28.4 Å². The van der Waals surface area contributed by atoms with Crippen LogP contribution in [0.2, 0.25) is 0 Å². The minimum Gasteiger partial charge on any atom is -0.465 e. The van der Waals surface area contributed by atoms with Crippen LogP contribution in [0.3, 0.4) is 0 Å². The molecule has 0 aromatic carbocycles. The fraction of sp³-hybridized carbons (Fsp3) is 0.714. The number of rotatable bonds is 7. The summed E-state index contributed by atoms with van der Waals surface area (Å²) in [6.45, 7) is 7.91. The average molecular weight is 236 g/mol. The van der Waals surface area contributed by atoms with E-state index in [1.54, 1.807) is 0 Å². The van der Waals surface area contributed by atoms with Crippen molar-refractivity contribution in [1.82, 2.24) is 10.2 Å². The number of hydrogen-bond donors (Lipinski definition) is 1. The number of nitrogens with zero attached hydrogens (tertiary/aromatic N) is 1. The van der Waals surface area contributed by atoms with Crippen LogP contribution in [0, 0.1) is 0 Å². The maximum Gasteiger partial charge on any atom is 0.117 e. The van der Waals surface area contributed by atoms with Crippen molar-refractivity contribution >= 4 is 0 Å². The Morgan fingerprint density at radius 2 is 2.00 bits per heavy atom. The molecule has 1 saturated heterocycles. The molecule has 1 N–H and O–H groups in total. The zero-order valence-corrected chi connectivity index (χ0v) is 10.9. The minimum atomic E-state index is 0.861. The highest BCUT2D eigenvalue weighted by molar-refractivity contribution is 5.06. The van der Waals surface area contributed by atoms with Crippen molar-refractivity contribution in [3.05, 3.63) is 23.7 Å². The second kappa shape index (κ2) is 6.82. The predicted octanol–water partition coefficient (Wildman–Crippen LogP) is 2.42. The van der Waals surface area contributed by atoms with Gasteiger partial charge in [-0.2, -0.15) is 0 Å². The lowest BCUT2D eigenvalue weighted by Crippen LogP contribution is -2.24. The SMILES string of the molecule is CCc1ccc(CNCCCN2CCCC2)o1. The van der Waals surface area contributed by atoms with Crippen molar-refractivity contribution in [1.29, 1.82) is 0 Å². The van der Waals surface area contributed by atoms with E-state index < -0.39 is 0 Å². The van der Waals surface area contributed by atoms with Gasteiger partial charge < -0.3 is 14.6 Å². The maximum absolute atomic E-state index is 5.64.